The Bertz CT molecular complexity index is 389. The quantitative estimate of drug-likeness (QED) is 0.590. The lowest BCUT2D eigenvalue weighted by Crippen LogP contribution is -1.78. The second-order valence-electron chi connectivity index (χ2n) is 2.39. The van der Waals surface area contributed by atoms with E-state index in [1.165, 1.54) is 0 Å². The van der Waals surface area contributed by atoms with E-state index in [0.717, 1.165) is 10.9 Å². The minimum atomic E-state index is 0.366. The van der Waals surface area contributed by atoms with Crippen LogP contribution in [0.1, 0.15) is 0 Å². The van der Waals surface area contributed by atoms with Crippen LogP contribution in [0.5, 0.6) is 0 Å². The number of fused-ring (bicyclic) bond motifs is 1. The van der Waals surface area contributed by atoms with E-state index >= 15 is 0 Å². The van der Waals surface area contributed by atoms with Crippen molar-refractivity contribution in [1.29, 1.82) is 0 Å². The molecule has 0 aliphatic rings. The maximum absolute atomic E-state index is 5.78. The Morgan fingerprint density at radius 3 is 2.92 bits per heavy atom. The van der Waals surface area contributed by atoms with Gasteiger partial charge in [-0.1, -0.05) is 29.3 Å². The highest BCUT2D eigenvalue weighted by molar-refractivity contribution is 6.31. The van der Waals surface area contributed by atoms with E-state index < -0.39 is 0 Å². The molecule has 1 heterocycles. The highest BCUT2D eigenvalue weighted by Crippen LogP contribution is 2.18. The van der Waals surface area contributed by atoms with Gasteiger partial charge in [0.1, 0.15) is 5.15 Å². The standard InChI is InChI=1S/C9H4Cl2N/c10-7-3-1-6-2-4-9(11)12-8(6)5-7/h1-3,5H. The molecule has 2 aromatic rings. The molecule has 0 saturated heterocycles. The second kappa shape index (κ2) is 2.92. The zero-order chi connectivity index (χ0) is 8.55. The van der Waals surface area contributed by atoms with Crippen LogP contribution in [0.25, 0.3) is 10.9 Å². The van der Waals surface area contributed by atoms with Gasteiger partial charge in [-0.3, -0.25) is 0 Å². The molecule has 59 valence electrons. The maximum atomic E-state index is 5.78. The minimum Gasteiger partial charge on any atom is -0.235 e. The molecule has 0 aliphatic heterocycles. The maximum Gasteiger partial charge on any atom is 0.137 e. The van der Waals surface area contributed by atoms with Crippen LogP contribution < -0.4 is 0 Å². The predicted octanol–water partition coefficient (Wildman–Crippen LogP) is 3.34. The van der Waals surface area contributed by atoms with Crippen LogP contribution in [-0.4, -0.2) is 4.98 Å². The van der Waals surface area contributed by atoms with Gasteiger partial charge in [0.25, 0.3) is 0 Å². The zero-order valence-corrected chi connectivity index (χ0v) is 7.52. The van der Waals surface area contributed by atoms with Crippen molar-refractivity contribution in [2.24, 2.45) is 0 Å². The summed E-state index contributed by atoms with van der Waals surface area (Å²) in [5, 5.41) is 2.02. The number of hydrogen-bond donors (Lipinski definition) is 0. The highest BCUT2D eigenvalue weighted by Gasteiger charge is 1.96. The molecule has 0 spiro atoms. The largest absolute Gasteiger partial charge is 0.235 e. The van der Waals surface area contributed by atoms with Crippen molar-refractivity contribution in [3.8, 4) is 0 Å². The summed E-state index contributed by atoms with van der Waals surface area (Å²) >= 11 is 11.4. The molecule has 0 amide bonds. The van der Waals surface area contributed by atoms with Gasteiger partial charge in [-0.05, 0) is 18.2 Å². The van der Waals surface area contributed by atoms with Crippen LogP contribution in [0.15, 0.2) is 24.3 Å². The molecular weight excluding hydrogens is 193 g/mol. The number of rotatable bonds is 0. The summed E-state index contributed by atoms with van der Waals surface area (Å²) in [5.74, 6) is 0. The molecule has 0 saturated carbocycles. The van der Waals surface area contributed by atoms with Gasteiger partial charge in [-0.2, -0.15) is 0 Å². The molecule has 1 aromatic heterocycles. The lowest BCUT2D eigenvalue weighted by Gasteiger charge is -1.96. The normalized spacial score (nSPS) is 10.5. The fraction of sp³-hybridized carbons (Fsp3) is 0. The van der Waals surface area contributed by atoms with Crippen molar-refractivity contribution < 1.29 is 0 Å². The summed E-state index contributed by atoms with van der Waals surface area (Å²) in [7, 11) is 0. The molecule has 0 aliphatic carbocycles. The van der Waals surface area contributed by atoms with Gasteiger partial charge in [0.15, 0.2) is 0 Å². The van der Waals surface area contributed by atoms with Crippen LogP contribution >= 0.6 is 23.2 Å². The summed E-state index contributed by atoms with van der Waals surface area (Å²) < 4.78 is 0. The van der Waals surface area contributed by atoms with Gasteiger partial charge < -0.3 is 0 Å². The predicted molar refractivity (Wildman–Crippen MR) is 50.6 cm³/mol. The molecule has 12 heavy (non-hydrogen) atoms. The van der Waals surface area contributed by atoms with E-state index in [9.17, 15) is 0 Å². The van der Waals surface area contributed by atoms with E-state index in [0.29, 0.717) is 10.2 Å². The molecule has 1 aromatic carbocycles. The summed E-state index contributed by atoms with van der Waals surface area (Å²) in [6.45, 7) is 0. The SMILES string of the molecule is Clc1ccc2c[c]c(Cl)nc2c1. The fourth-order valence-corrected chi connectivity index (χ4v) is 1.32. The Labute approximate surface area is 79.9 Å². The molecule has 1 radical (unpaired) electrons. The average molecular weight is 197 g/mol. The van der Waals surface area contributed by atoms with Crippen molar-refractivity contribution in [3.63, 3.8) is 0 Å². The number of benzene rings is 1. The first-order chi connectivity index (χ1) is 5.75. The first-order valence-electron chi connectivity index (χ1n) is 3.39. The number of hydrogen-bond acceptors (Lipinski definition) is 1. The van der Waals surface area contributed by atoms with Crippen LogP contribution in [0.3, 0.4) is 0 Å². The van der Waals surface area contributed by atoms with Crippen molar-refractivity contribution in [3.05, 3.63) is 40.5 Å². The van der Waals surface area contributed by atoms with Crippen molar-refractivity contribution >= 4 is 34.1 Å². The number of aromatic nitrogens is 1. The van der Waals surface area contributed by atoms with E-state index in [2.05, 4.69) is 11.1 Å². The monoisotopic (exact) mass is 196 g/mol. The Kier molecular flexibility index (Phi) is 1.91. The van der Waals surface area contributed by atoms with Gasteiger partial charge >= 0.3 is 0 Å². The van der Waals surface area contributed by atoms with Crippen molar-refractivity contribution in [1.82, 2.24) is 4.98 Å². The van der Waals surface area contributed by atoms with Crippen LogP contribution in [0.4, 0.5) is 0 Å². The Balaban J connectivity index is 2.80. The van der Waals surface area contributed by atoms with Crippen molar-refractivity contribution in [2.75, 3.05) is 0 Å². The first-order valence-corrected chi connectivity index (χ1v) is 4.15. The molecule has 2 rings (SSSR count). The smallest absolute Gasteiger partial charge is 0.137 e. The zero-order valence-electron chi connectivity index (χ0n) is 6.01. The number of pyridine rings is 1. The lowest BCUT2D eigenvalue weighted by molar-refractivity contribution is 1.40. The summed E-state index contributed by atoms with van der Waals surface area (Å²) in [5.41, 5.74) is 0.797. The molecule has 0 N–H and O–H groups in total. The third kappa shape index (κ3) is 1.38. The van der Waals surface area contributed by atoms with Gasteiger partial charge in [-0.15, -0.1) is 0 Å². The molecule has 0 fully saturated rings. The molecule has 0 atom stereocenters. The van der Waals surface area contributed by atoms with Gasteiger partial charge in [0, 0.05) is 16.5 Å². The van der Waals surface area contributed by atoms with Gasteiger partial charge in [-0.25, -0.2) is 4.98 Å². The third-order valence-corrected chi connectivity index (χ3v) is 1.99. The van der Waals surface area contributed by atoms with Crippen LogP contribution in [-0.2, 0) is 0 Å². The summed E-state index contributed by atoms with van der Waals surface area (Å²) in [6.07, 6.45) is 0. The molecule has 3 heteroatoms. The van der Waals surface area contributed by atoms with Crippen LogP contribution in [0, 0.1) is 6.07 Å². The van der Waals surface area contributed by atoms with E-state index in [-0.39, 0.29) is 0 Å². The van der Waals surface area contributed by atoms with E-state index in [4.69, 9.17) is 23.2 Å². The molecule has 0 bridgehead atoms. The highest BCUT2D eigenvalue weighted by atomic mass is 35.5. The number of nitrogens with zero attached hydrogens (tertiary/aromatic N) is 1. The summed E-state index contributed by atoms with van der Waals surface area (Å²) in [4.78, 5) is 4.06. The third-order valence-electron chi connectivity index (χ3n) is 1.56. The Morgan fingerprint density at radius 2 is 2.08 bits per heavy atom. The Hall–Kier alpha value is -0.790. The van der Waals surface area contributed by atoms with Gasteiger partial charge in [0.05, 0.1) is 5.52 Å². The molecule has 1 nitrogen and oxygen atoms in total. The van der Waals surface area contributed by atoms with Gasteiger partial charge in [0.2, 0.25) is 0 Å². The fourth-order valence-electron chi connectivity index (χ4n) is 1.01. The number of halogens is 2. The molecule has 0 unspecified atom stereocenters. The lowest BCUT2D eigenvalue weighted by atomic mass is 10.2. The Morgan fingerprint density at radius 1 is 1.25 bits per heavy atom. The first kappa shape index (κ1) is 7.84. The van der Waals surface area contributed by atoms with Crippen LogP contribution in [0.2, 0.25) is 10.2 Å². The second-order valence-corrected chi connectivity index (χ2v) is 3.19. The van der Waals surface area contributed by atoms with E-state index in [1.807, 2.05) is 12.1 Å². The minimum absolute atomic E-state index is 0.366. The average Bonchev–Trinajstić information content (AvgIpc) is 2.03. The van der Waals surface area contributed by atoms with E-state index in [1.54, 1.807) is 12.1 Å². The summed E-state index contributed by atoms with van der Waals surface area (Å²) in [6, 6.07) is 10.1. The molecular formula is C9H4Cl2N. The van der Waals surface area contributed by atoms with Crippen molar-refractivity contribution in [2.45, 2.75) is 0 Å². The topological polar surface area (TPSA) is 12.9 Å².